The second kappa shape index (κ2) is 18.7. The largest absolute Gasteiger partial charge is 0.504 e. The third-order valence-corrected chi connectivity index (χ3v) is 17.8. The number of likely N-dealkylation sites (tertiary alicyclic amines) is 1. The lowest BCUT2D eigenvalue weighted by Gasteiger charge is -2.46. The van der Waals surface area contributed by atoms with E-state index < -0.39 is 45.3 Å². The van der Waals surface area contributed by atoms with Gasteiger partial charge in [0.05, 0.1) is 35.2 Å². The Labute approximate surface area is 357 Å². The molecule has 3 N–H and O–H groups in total. The fourth-order valence-corrected chi connectivity index (χ4v) is 14.6. The van der Waals surface area contributed by atoms with Gasteiger partial charge in [-0.25, -0.2) is 0 Å². The summed E-state index contributed by atoms with van der Waals surface area (Å²) in [5.41, 5.74) is 3.86. The molecule has 1 aliphatic carbocycles. The number of benzene rings is 3. The molecule has 2 fully saturated rings. The van der Waals surface area contributed by atoms with E-state index in [4.69, 9.17) is 18.9 Å². The van der Waals surface area contributed by atoms with Gasteiger partial charge in [-0.15, -0.1) is 0 Å². The zero-order chi connectivity index (χ0) is 41.8. The van der Waals surface area contributed by atoms with Crippen LogP contribution in [0.4, 0.5) is 0 Å². The number of carboxylic acids is 1. The molecule has 2 heterocycles. The van der Waals surface area contributed by atoms with Crippen molar-refractivity contribution in [1.82, 2.24) is 4.90 Å². The van der Waals surface area contributed by atoms with Crippen molar-refractivity contribution in [2.24, 2.45) is 17.8 Å². The number of ether oxygens (including phenoxy) is 1. The average Bonchev–Trinajstić information content (AvgIpc) is 3.42. The maximum atomic E-state index is 14.3. The van der Waals surface area contributed by atoms with Crippen molar-refractivity contribution in [3.05, 3.63) is 98.6 Å². The molecule has 2 amide bonds. The standard InChI is InChI=1S/C45H55BINO9Si/c1-29(23-30-24-36(47)42(51)38(25-30)55-5)20-21-37-40-31(28-56-58(45(2,3)4,32-15-9-6-10-16-32)33-17-11-7-12-18-33)26-34-41(35(40)27-46(54)57-37)44(53)48(43(34)52)22-14-8-13-19-39(49)50/h6-7,9-12,15-18,23-25,34-35,37,41,51,54H,8,13-14,19-22,26-28H2,1-5H3,(H,49,50)/b29-23+/t34-,35+,37-,41-/m1/s1. The molecule has 2 saturated heterocycles. The van der Waals surface area contributed by atoms with Gasteiger partial charge in [0, 0.05) is 13.0 Å². The maximum absolute atomic E-state index is 14.3. The van der Waals surface area contributed by atoms with Crippen LogP contribution in [0.15, 0.2) is 89.5 Å². The second-order valence-electron chi connectivity index (χ2n) is 16.9. The van der Waals surface area contributed by atoms with E-state index in [0.717, 1.165) is 32.7 Å². The van der Waals surface area contributed by atoms with Crippen molar-refractivity contribution in [2.75, 3.05) is 20.3 Å². The number of aromatic hydroxyl groups is 1. The summed E-state index contributed by atoms with van der Waals surface area (Å²) in [6.07, 6.45) is 4.90. The number of halogens is 1. The number of carbonyl (C=O) groups is 3. The van der Waals surface area contributed by atoms with Crippen molar-refractivity contribution in [1.29, 1.82) is 0 Å². The molecule has 308 valence electrons. The van der Waals surface area contributed by atoms with Crippen molar-refractivity contribution >= 4 is 72.3 Å². The van der Waals surface area contributed by atoms with E-state index in [9.17, 15) is 24.5 Å². The number of carbonyl (C=O) groups excluding carboxylic acids is 2. The summed E-state index contributed by atoms with van der Waals surface area (Å²) in [4.78, 5) is 41.0. The Kier molecular flexibility index (Phi) is 14.1. The van der Waals surface area contributed by atoms with Gasteiger partial charge in [-0.05, 0) is 118 Å². The van der Waals surface area contributed by atoms with Crippen LogP contribution in [0.3, 0.4) is 0 Å². The number of allylic oxidation sites excluding steroid dienone is 1. The Bertz CT molecular complexity index is 2000. The zero-order valence-corrected chi connectivity index (χ0v) is 37.2. The molecule has 2 aliphatic heterocycles. The molecule has 3 aromatic rings. The van der Waals surface area contributed by atoms with E-state index in [1.807, 2.05) is 31.2 Å². The lowest BCUT2D eigenvalue weighted by molar-refractivity contribution is -0.141. The van der Waals surface area contributed by atoms with Gasteiger partial charge in [-0.2, -0.15) is 0 Å². The third kappa shape index (κ3) is 9.18. The number of nitrogens with zero attached hydrogens (tertiary/aromatic N) is 1. The minimum absolute atomic E-state index is 0.0492. The highest BCUT2D eigenvalue weighted by Gasteiger charge is 2.58. The van der Waals surface area contributed by atoms with E-state index in [1.54, 1.807) is 6.07 Å². The molecule has 10 nitrogen and oxygen atoms in total. The summed E-state index contributed by atoms with van der Waals surface area (Å²) < 4.78 is 19.9. The smallest absolute Gasteiger partial charge is 0.455 e. The number of aliphatic carboxylic acids is 1. The fraction of sp³-hybridized carbons (Fsp3) is 0.444. The summed E-state index contributed by atoms with van der Waals surface area (Å²) in [6, 6.07) is 24.5. The Morgan fingerprint density at radius 3 is 2.24 bits per heavy atom. The topological polar surface area (TPSA) is 143 Å². The van der Waals surface area contributed by atoms with Crippen molar-refractivity contribution in [2.45, 2.75) is 90.1 Å². The van der Waals surface area contributed by atoms with Crippen molar-refractivity contribution in [3.8, 4) is 11.5 Å². The van der Waals surface area contributed by atoms with Crippen LogP contribution in [0.25, 0.3) is 6.08 Å². The van der Waals surface area contributed by atoms with Crippen LogP contribution in [0.5, 0.6) is 11.5 Å². The summed E-state index contributed by atoms with van der Waals surface area (Å²) in [6.45, 7) is 9.21. The molecule has 13 heteroatoms. The van der Waals surface area contributed by atoms with E-state index in [2.05, 4.69) is 91.9 Å². The molecule has 0 spiro atoms. The first-order chi connectivity index (χ1) is 27.7. The van der Waals surface area contributed by atoms with Gasteiger partial charge >= 0.3 is 13.1 Å². The molecule has 0 radical (unpaired) electrons. The predicted octanol–water partition coefficient (Wildman–Crippen LogP) is 7.21. The highest BCUT2D eigenvalue weighted by molar-refractivity contribution is 14.1. The summed E-state index contributed by atoms with van der Waals surface area (Å²) in [5, 5.41) is 32.7. The molecule has 0 aromatic heterocycles. The van der Waals surface area contributed by atoms with Gasteiger partial charge in [-0.3, -0.25) is 19.3 Å². The quantitative estimate of drug-likeness (QED) is 0.0447. The van der Waals surface area contributed by atoms with Crippen LogP contribution in [-0.2, 0) is 23.5 Å². The van der Waals surface area contributed by atoms with Gasteiger partial charge in [0.1, 0.15) is 0 Å². The molecule has 3 aliphatic rings. The van der Waals surface area contributed by atoms with Gasteiger partial charge in [-0.1, -0.05) is 99.5 Å². The van der Waals surface area contributed by atoms with Gasteiger partial charge in [0.25, 0.3) is 8.32 Å². The van der Waals surface area contributed by atoms with Crippen LogP contribution in [-0.4, -0.2) is 79.7 Å². The van der Waals surface area contributed by atoms with Crippen LogP contribution in [0, 0.1) is 21.3 Å². The first-order valence-corrected chi connectivity index (χ1v) is 23.3. The van der Waals surface area contributed by atoms with Crippen molar-refractivity contribution < 1.29 is 43.4 Å². The Balaban J connectivity index is 1.37. The average molecular weight is 920 g/mol. The predicted molar refractivity (Wildman–Crippen MR) is 236 cm³/mol. The van der Waals surface area contributed by atoms with Gasteiger partial charge < -0.3 is 29.1 Å². The molecule has 4 atom stereocenters. The monoisotopic (exact) mass is 919 g/mol. The molecule has 58 heavy (non-hydrogen) atoms. The number of amides is 2. The highest BCUT2D eigenvalue weighted by atomic mass is 127. The summed E-state index contributed by atoms with van der Waals surface area (Å²) >= 11 is 2.08. The Morgan fingerprint density at radius 2 is 1.64 bits per heavy atom. The number of hydrogen-bond donors (Lipinski definition) is 3. The van der Waals surface area contributed by atoms with Gasteiger partial charge in [0.15, 0.2) is 11.5 Å². The number of rotatable bonds is 16. The number of phenolic OH excluding ortho intramolecular Hbond substituents is 1. The number of unbranched alkanes of at least 4 members (excludes halogenated alkanes) is 2. The molecular weight excluding hydrogens is 864 g/mol. The number of carboxylic acid groups (broad SMARTS) is 1. The fourth-order valence-electron chi connectivity index (χ4n) is 9.41. The molecule has 0 unspecified atom stereocenters. The normalized spacial score (nSPS) is 21.3. The number of imide groups is 1. The second-order valence-corrected chi connectivity index (χ2v) is 22.4. The Hall–Kier alpha value is -3.76. The van der Waals surface area contributed by atoms with E-state index in [0.29, 0.717) is 47.8 Å². The van der Waals surface area contributed by atoms with Gasteiger partial charge in [0.2, 0.25) is 11.8 Å². The first kappa shape index (κ1) is 43.8. The Morgan fingerprint density at radius 1 is 0.983 bits per heavy atom. The number of hydrogen-bond acceptors (Lipinski definition) is 8. The number of fused-ring (bicyclic) bond motifs is 3. The van der Waals surface area contributed by atoms with E-state index in [1.165, 1.54) is 12.0 Å². The molecule has 6 rings (SSSR count). The zero-order valence-electron chi connectivity index (χ0n) is 34.1. The first-order valence-electron chi connectivity index (χ1n) is 20.3. The van der Waals surface area contributed by atoms with Crippen molar-refractivity contribution in [3.63, 3.8) is 0 Å². The van der Waals surface area contributed by atoms with Crippen LogP contribution >= 0.6 is 22.6 Å². The molecule has 0 bridgehead atoms. The SMILES string of the molecule is COc1cc(/C=C(\C)CC[C@H]2OB(O)C[C@H]3C2=C(CO[Si](c2ccccc2)(c2ccccc2)C(C)(C)C)C[C@H]2C(=O)N(CCCCCC(=O)O)C(=O)[C@H]23)cc(I)c1O. The minimum Gasteiger partial charge on any atom is -0.504 e. The molecular formula is C45H55BINO9Si. The molecule has 0 saturated carbocycles. The number of phenols is 1. The highest BCUT2D eigenvalue weighted by Crippen LogP contribution is 2.51. The summed E-state index contributed by atoms with van der Waals surface area (Å²) in [5.74, 6) is -2.41. The summed E-state index contributed by atoms with van der Waals surface area (Å²) in [7, 11) is -2.59. The lowest BCUT2D eigenvalue weighted by atomic mass is 9.58. The van der Waals surface area contributed by atoms with Crippen LogP contribution in [0.1, 0.15) is 78.2 Å². The lowest BCUT2D eigenvalue weighted by Crippen LogP contribution is -2.66. The van der Waals surface area contributed by atoms with E-state index in [-0.39, 0.29) is 48.5 Å². The maximum Gasteiger partial charge on any atom is 0.455 e. The van der Waals surface area contributed by atoms with E-state index >= 15 is 0 Å². The van der Waals surface area contributed by atoms with Crippen LogP contribution < -0.4 is 15.1 Å². The molecule has 3 aromatic carbocycles. The third-order valence-electron chi connectivity index (χ3n) is 12.0. The minimum atomic E-state index is -3.00. The van der Waals surface area contributed by atoms with Crippen LogP contribution in [0.2, 0.25) is 11.4 Å². The number of methoxy groups -OCH3 is 1.